The number of aliphatic hydroxyl groups is 1. The molecule has 1 fully saturated rings. The Bertz CT molecular complexity index is 1150. The summed E-state index contributed by atoms with van der Waals surface area (Å²) < 4.78 is 26.7. The first-order valence-electron chi connectivity index (χ1n) is 8.19. The van der Waals surface area contributed by atoms with E-state index in [2.05, 4.69) is 10.2 Å². The number of H-pyrrole nitrogens is 1. The van der Waals surface area contributed by atoms with Gasteiger partial charge in [-0.3, -0.25) is 5.10 Å². The maximum Gasteiger partial charge on any atom is 0.243 e. The lowest BCUT2D eigenvalue weighted by Gasteiger charge is -2.17. The van der Waals surface area contributed by atoms with Crippen molar-refractivity contribution < 1.29 is 13.5 Å². The number of nitrogens with one attached hydrogen (secondary N) is 1. The first-order valence-corrected chi connectivity index (χ1v) is 10.4. The van der Waals surface area contributed by atoms with E-state index in [1.54, 1.807) is 18.2 Å². The van der Waals surface area contributed by atoms with Gasteiger partial charge in [0.25, 0.3) is 0 Å². The fourth-order valence-corrected chi connectivity index (χ4v) is 5.49. The maximum absolute atomic E-state index is 12.7. The molecule has 1 aromatic heterocycles. The van der Waals surface area contributed by atoms with Crippen LogP contribution in [0, 0.1) is 0 Å². The van der Waals surface area contributed by atoms with Gasteiger partial charge in [-0.1, -0.05) is 35.3 Å². The zero-order valence-corrected chi connectivity index (χ0v) is 16.3. The number of sulfonamides is 1. The van der Waals surface area contributed by atoms with Gasteiger partial charge in [-0.15, -0.1) is 0 Å². The Labute approximate surface area is 165 Å². The molecule has 1 aliphatic heterocycles. The molecule has 7 nitrogen and oxygen atoms in total. The summed E-state index contributed by atoms with van der Waals surface area (Å²) in [6.45, 7) is 0.370. The van der Waals surface area contributed by atoms with Crippen molar-refractivity contribution in [2.45, 2.75) is 17.4 Å². The van der Waals surface area contributed by atoms with Crippen LogP contribution in [-0.2, 0) is 10.0 Å². The standard InChI is InChI=1S/C17H16Cl2N4O3S/c18-13-7-10(27(25,26)23-6-5-9(24)8-23)1-2-11(13)12-3-4-14-15(16(12)19)17(20)22-21-14/h1-4,7,9,24H,5-6,8H2,(H3,20,21,22). The molecule has 1 saturated heterocycles. The number of benzene rings is 2. The number of nitrogens with zero attached hydrogens (tertiary/aromatic N) is 2. The van der Waals surface area contributed by atoms with Crippen molar-refractivity contribution in [3.63, 3.8) is 0 Å². The zero-order chi connectivity index (χ0) is 19.3. The molecule has 0 saturated carbocycles. The van der Waals surface area contributed by atoms with Gasteiger partial charge in [-0.2, -0.15) is 9.40 Å². The van der Waals surface area contributed by atoms with Crippen molar-refractivity contribution in [1.82, 2.24) is 14.5 Å². The van der Waals surface area contributed by atoms with Crippen LogP contribution in [0.5, 0.6) is 0 Å². The number of nitrogen functional groups attached to an aromatic ring is 1. The third-order valence-electron chi connectivity index (χ3n) is 4.69. The number of rotatable bonds is 3. The molecule has 0 radical (unpaired) electrons. The molecule has 2 heterocycles. The third-order valence-corrected chi connectivity index (χ3v) is 7.26. The number of halogens is 2. The molecule has 0 bridgehead atoms. The van der Waals surface area contributed by atoms with Crippen molar-refractivity contribution in [2.24, 2.45) is 0 Å². The van der Waals surface area contributed by atoms with E-state index in [4.69, 9.17) is 28.9 Å². The Morgan fingerprint density at radius 3 is 2.63 bits per heavy atom. The van der Waals surface area contributed by atoms with E-state index >= 15 is 0 Å². The van der Waals surface area contributed by atoms with Crippen molar-refractivity contribution in [2.75, 3.05) is 18.8 Å². The smallest absolute Gasteiger partial charge is 0.243 e. The minimum atomic E-state index is -3.71. The van der Waals surface area contributed by atoms with E-state index in [9.17, 15) is 13.5 Å². The zero-order valence-electron chi connectivity index (χ0n) is 14.0. The van der Waals surface area contributed by atoms with Crippen LogP contribution in [0.2, 0.25) is 10.0 Å². The Morgan fingerprint density at radius 1 is 1.22 bits per heavy atom. The molecule has 0 spiro atoms. The van der Waals surface area contributed by atoms with Gasteiger partial charge in [-0.05, 0) is 24.6 Å². The highest BCUT2D eigenvalue weighted by molar-refractivity contribution is 7.89. The minimum absolute atomic E-state index is 0.0744. The number of hydrogen-bond acceptors (Lipinski definition) is 5. The lowest BCUT2D eigenvalue weighted by Crippen LogP contribution is -2.29. The summed E-state index contributed by atoms with van der Waals surface area (Å²) in [6.07, 6.45) is -0.215. The highest BCUT2D eigenvalue weighted by Gasteiger charge is 2.32. The molecule has 2 aromatic carbocycles. The van der Waals surface area contributed by atoms with E-state index < -0.39 is 16.1 Å². The van der Waals surface area contributed by atoms with E-state index in [-0.39, 0.29) is 28.8 Å². The van der Waals surface area contributed by atoms with Crippen LogP contribution < -0.4 is 5.73 Å². The van der Waals surface area contributed by atoms with Gasteiger partial charge < -0.3 is 10.8 Å². The van der Waals surface area contributed by atoms with Gasteiger partial charge in [0.1, 0.15) is 0 Å². The molecule has 1 unspecified atom stereocenters. The fraction of sp³-hybridized carbons (Fsp3) is 0.235. The Kier molecular flexibility index (Phi) is 4.56. The van der Waals surface area contributed by atoms with Gasteiger partial charge >= 0.3 is 0 Å². The SMILES string of the molecule is Nc1n[nH]c2ccc(-c3ccc(S(=O)(=O)N4CCC(O)C4)cc3Cl)c(Cl)c12. The Balaban J connectivity index is 1.77. The van der Waals surface area contributed by atoms with Gasteiger partial charge in [0.15, 0.2) is 5.82 Å². The van der Waals surface area contributed by atoms with Crippen LogP contribution in [0.3, 0.4) is 0 Å². The molecule has 1 aliphatic rings. The first kappa shape index (κ1) is 18.5. The first-order chi connectivity index (χ1) is 12.8. The normalized spacial score (nSPS) is 18.4. The summed E-state index contributed by atoms with van der Waals surface area (Å²) in [5.74, 6) is 0.278. The second kappa shape index (κ2) is 6.65. The molecule has 0 aliphatic carbocycles. The molecule has 4 N–H and O–H groups in total. The fourth-order valence-electron chi connectivity index (χ4n) is 3.26. The van der Waals surface area contributed by atoms with Crippen molar-refractivity contribution in [3.8, 4) is 11.1 Å². The van der Waals surface area contributed by atoms with Crippen LogP contribution in [0.15, 0.2) is 35.2 Å². The molecule has 27 heavy (non-hydrogen) atoms. The lowest BCUT2D eigenvalue weighted by molar-refractivity contribution is 0.189. The maximum atomic E-state index is 12.7. The number of aromatic amines is 1. The summed E-state index contributed by atoms with van der Waals surface area (Å²) in [5.41, 5.74) is 7.77. The van der Waals surface area contributed by atoms with E-state index in [0.717, 1.165) is 0 Å². The van der Waals surface area contributed by atoms with E-state index in [0.29, 0.717) is 33.5 Å². The van der Waals surface area contributed by atoms with Gasteiger partial charge in [0.05, 0.1) is 26.9 Å². The van der Waals surface area contributed by atoms with Crippen molar-refractivity contribution >= 4 is 49.9 Å². The largest absolute Gasteiger partial charge is 0.392 e. The quantitative estimate of drug-likeness (QED) is 0.595. The number of anilines is 1. The Morgan fingerprint density at radius 2 is 1.96 bits per heavy atom. The summed E-state index contributed by atoms with van der Waals surface area (Å²) in [4.78, 5) is 0.0744. The minimum Gasteiger partial charge on any atom is -0.392 e. The lowest BCUT2D eigenvalue weighted by atomic mass is 10.0. The van der Waals surface area contributed by atoms with E-state index in [1.165, 1.54) is 16.4 Å². The number of fused-ring (bicyclic) bond motifs is 1. The molecular formula is C17H16Cl2N4O3S. The highest BCUT2D eigenvalue weighted by atomic mass is 35.5. The highest BCUT2D eigenvalue weighted by Crippen LogP contribution is 2.39. The third kappa shape index (κ3) is 3.07. The average Bonchev–Trinajstić information content (AvgIpc) is 3.22. The van der Waals surface area contributed by atoms with Gasteiger partial charge in [-0.25, -0.2) is 8.42 Å². The summed E-state index contributed by atoms with van der Waals surface area (Å²) in [7, 11) is -3.71. The summed E-state index contributed by atoms with van der Waals surface area (Å²) >= 11 is 12.9. The topological polar surface area (TPSA) is 112 Å². The van der Waals surface area contributed by atoms with E-state index in [1.807, 2.05) is 0 Å². The molecule has 1 atom stereocenters. The van der Waals surface area contributed by atoms with Crippen molar-refractivity contribution in [1.29, 1.82) is 0 Å². The second-order valence-electron chi connectivity index (χ2n) is 6.41. The van der Waals surface area contributed by atoms with Gasteiger partial charge in [0.2, 0.25) is 10.0 Å². The molecule has 3 aromatic rings. The second-order valence-corrected chi connectivity index (χ2v) is 9.13. The number of hydrogen-bond donors (Lipinski definition) is 3. The monoisotopic (exact) mass is 426 g/mol. The van der Waals surface area contributed by atoms with Crippen molar-refractivity contribution in [3.05, 3.63) is 40.4 Å². The summed E-state index contributed by atoms with van der Waals surface area (Å²) in [5, 5.41) is 17.6. The van der Waals surface area contributed by atoms with Crippen LogP contribution in [0.25, 0.3) is 22.0 Å². The molecular weight excluding hydrogens is 411 g/mol. The summed E-state index contributed by atoms with van der Waals surface area (Å²) in [6, 6.07) is 8.06. The predicted octanol–water partition coefficient (Wildman–Crippen LogP) is 2.87. The molecule has 4 rings (SSSR count). The van der Waals surface area contributed by atoms with Crippen LogP contribution >= 0.6 is 23.2 Å². The molecule has 0 amide bonds. The predicted molar refractivity (Wildman–Crippen MR) is 105 cm³/mol. The van der Waals surface area contributed by atoms with Crippen LogP contribution in [0.1, 0.15) is 6.42 Å². The number of aromatic nitrogens is 2. The molecule has 142 valence electrons. The number of β-amino-alcohol motifs (C(OH)–C–C–N with tert-alkyl or cyclic N) is 1. The number of nitrogens with two attached hydrogens (primary N) is 1. The van der Waals surface area contributed by atoms with Gasteiger partial charge in [0, 0.05) is 29.2 Å². The number of aliphatic hydroxyl groups excluding tert-OH is 1. The molecule has 10 heteroatoms. The Hall–Kier alpha value is -1.84. The average molecular weight is 427 g/mol. The van der Waals surface area contributed by atoms with Crippen LogP contribution in [0.4, 0.5) is 5.82 Å². The van der Waals surface area contributed by atoms with Crippen LogP contribution in [-0.4, -0.2) is 47.2 Å².